The summed E-state index contributed by atoms with van der Waals surface area (Å²) in [7, 11) is 0. The second kappa shape index (κ2) is 5.86. The number of nitrogens with zero attached hydrogens (tertiary/aromatic N) is 4. The molecule has 2 N–H and O–H groups in total. The Bertz CT molecular complexity index is 621. The van der Waals surface area contributed by atoms with E-state index in [0.29, 0.717) is 35.4 Å². The van der Waals surface area contributed by atoms with E-state index in [2.05, 4.69) is 15.5 Å². The van der Waals surface area contributed by atoms with Gasteiger partial charge in [0.2, 0.25) is 11.9 Å². The fourth-order valence-corrected chi connectivity index (χ4v) is 2.94. The summed E-state index contributed by atoms with van der Waals surface area (Å²) in [6.45, 7) is 1.30. The number of hydrogen-bond acceptors (Lipinski definition) is 7. The molecule has 0 radical (unpaired) electrons. The molecule has 20 heavy (non-hydrogen) atoms. The van der Waals surface area contributed by atoms with Crippen LogP contribution in [0.5, 0.6) is 11.5 Å². The largest absolute Gasteiger partial charge is 0.454 e. The van der Waals surface area contributed by atoms with E-state index in [1.165, 1.54) is 11.8 Å². The Balaban J connectivity index is 1.72. The van der Waals surface area contributed by atoms with Crippen molar-refractivity contribution in [2.45, 2.75) is 17.5 Å². The van der Waals surface area contributed by atoms with E-state index in [1.807, 2.05) is 12.1 Å². The van der Waals surface area contributed by atoms with E-state index in [-0.39, 0.29) is 6.79 Å². The molecule has 2 aromatic rings. The first-order valence-corrected chi connectivity index (χ1v) is 7.31. The quantitative estimate of drug-likeness (QED) is 0.832. The third-order valence-corrected chi connectivity index (χ3v) is 4.00. The number of thioether (sulfide) groups is 1. The Hall–Kier alpha value is -1.51. The van der Waals surface area contributed by atoms with E-state index in [0.717, 1.165) is 10.7 Å². The molecule has 9 heteroatoms. The van der Waals surface area contributed by atoms with Crippen molar-refractivity contribution >= 4 is 23.4 Å². The number of ether oxygens (including phenoxy) is 2. The monoisotopic (exact) mass is 313 g/mol. The van der Waals surface area contributed by atoms with Crippen molar-refractivity contribution in [3.8, 4) is 11.5 Å². The molecular formula is C11H12ClN5O2S. The van der Waals surface area contributed by atoms with E-state index in [4.69, 9.17) is 26.8 Å². The van der Waals surface area contributed by atoms with Gasteiger partial charge in [-0.1, -0.05) is 23.4 Å². The summed E-state index contributed by atoms with van der Waals surface area (Å²) in [4.78, 5) is 0. The highest BCUT2D eigenvalue weighted by Crippen LogP contribution is 2.40. The molecule has 0 saturated carbocycles. The summed E-state index contributed by atoms with van der Waals surface area (Å²) in [5, 5.41) is 12.8. The van der Waals surface area contributed by atoms with Crippen molar-refractivity contribution in [2.24, 2.45) is 5.73 Å². The van der Waals surface area contributed by atoms with E-state index < -0.39 is 0 Å². The van der Waals surface area contributed by atoms with Crippen molar-refractivity contribution in [1.29, 1.82) is 0 Å². The second-order valence-electron chi connectivity index (χ2n) is 4.07. The van der Waals surface area contributed by atoms with Crippen LogP contribution < -0.4 is 15.2 Å². The van der Waals surface area contributed by atoms with Crippen molar-refractivity contribution in [3.63, 3.8) is 0 Å². The van der Waals surface area contributed by atoms with Gasteiger partial charge in [0.1, 0.15) is 0 Å². The van der Waals surface area contributed by atoms with Gasteiger partial charge in [-0.15, -0.1) is 5.10 Å². The van der Waals surface area contributed by atoms with Crippen molar-refractivity contribution < 1.29 is 9.47 Å². The van der Waals surface area contributed by atoms with Gasteiger partial charge in [0.25, 0.3) is 0 Å². The fraction of sp³-hybridized carbons (Fsp3) is 0.364. The van der Waals surface area contributed by atoms with Gasteiger partial charge in [-0.25, -0.2) is 4.68 Å². The SMILES string of the molecule is NCCn1nnnc1SCc1cc(Cl)c2c(c1)OCO2. The van der Waals surface area contributed by atoms with Crippen molar-refractivity contribution in [2.75, 3.05) is 13.3 Å². The standard InChI is InChI=1S/C11H12ClN5O2S/c12-8-3-7(4-9-10(8)19-6-18-9)5-20-11-14-15-16-17(11)2-1-13/h3-4H,1-2,5-6,13H2. The van der Waals surface area contributed by atoms with Crippen LogP contribution in [-0.4, -0.2) is 33.5 Å². The minimum atomic E-state index is 0.209. The lowest BCUT2D eigenvalue weighted by molar-refractivity contribution is 0.174. The first-order chi connectivity index (χ1) is 9.78. The zero-order valence-electron chi connectivity index (χ0n) is 10.5. The summed E-state index contributed by atoms with van der Waals surface area (Å²) >= 11 is 7.66. The lowest BCUT2D eigenvalue weighted by Gasteiger charge is -2.05. The zero-order chi connectivity index (χ0) is 13.9. The van der Waals surface area contributed by atoms with Gasteiger partial charge in [-0.05, 0) is 28.1 Å². The molecule has 106 valence electrons. The molecule has 0 spiro atoms. The molecule has 7 nitrogen and oxygen atoms in total. The van der Waals surface area contributed by atoms with Crippen molar-refractivity contribution in [3.05, 3.63) is 22.7 Å². The lowest BCUT2D eigenvalue weighted by Crippen LogP contribution is -2.12. The highest BCUT2D eigenvalue weighted by molar-refractivity contribution is 7.98. The predicted molar refractivity (Wildman–Crippen MR) is 74.0 cm³/mol. The Morgan fingerprint density at radius 2 is 2.30 bits per heavy atom. The zero-order valence-corrected chi connectivity index (χ0v) is 12.0. The maximum absolute atomic E-state index is 6.14. The first kappa shape index (κ1) is 13.5. The molecule has 0 aliphatic carbocycles. The van der Waals surface area contributed by atoms with Crippen LogP contribution in [0, 0.1) is 0 Å². The average Bonchev–Trinajstić information content (AvgIpc) is 3.06. The molecule has 3 rings (SSSR count). The van der Waals surface area contributed by atoms with Gasteiger partial charge in [0, 0.05) is 12.3 Å². The second-order valence-corrected chi connectivity index (χ2v) is 5.42. The number of halogens is 1. The van der Waals surface area contributed by atoms with E-state index in [1.54, 1.807) is 4.68 Å². The number of fused-ring (bicyclic) bond motifs is 1. The predicted octanol–water partition coefficient (Wildman–Crippen LogP) is 1.31. The molecule has 0 saturated heterocycles. The Morgan fingerprint density at radius 3 is 3.15 bits per heavy atom. The summed E-state index contributed by atoms with van der Waals surface area (Å²) in [6, 6.07) is 3.78. The average molecular weight is 314 g/mol. The van der Waals surface area contributed by atoms with Crippen LogP contribution in [0.1, 0.15) is 5.56 Å². The Morgan fingerprint density at radius 1 is 1.40 bits per heavy atom. The molecule has 0 atom stereocenters. The number of tetrazole rings is 1. The topological polar surface area (TPSA) is 88.1 Å². The summed E-state index contributed by atoms with van der Waals surface area (Å²) < 4.78 is 12.3. The number of benzene rings is 1. The molecule has 0 bridgehead atoms. The smallest absolute Gasteiger partial charge is 0.231 e. The Labute approximate surface area is 124 Å². The van der Waals surface area contributed by atoms with Gasteiger partial charge < -0.3 is 15.2 Å². The van der Waals surface area contributed by atoms with Crippen molar-refractivity contribution in [1.82, 2.24) is 20.2 Å². The van der Waals surface area contributed by atoms with Gasteiger partial charge in [-0.3, -0.25) is 0 Å². The van der Waals surface area contributed by atoms with Crippen LogP contribution in [0.2, 0.25) is 5.02 Å². The molecule has 0 amide bonds. The van der Waals surface area contributed by atoms with Crippen LogP contribution in [0.4, 0.5) is 0 Å². The number of rotatable bonds is 5. The Kier molecular flexibility index (Phi) is 3.95. The van der Waals surface area contributed by atoms with Gasteiger partial charge >= 0.3 is 0 Å². The maximum atomic E-state index is 6.14. The molecule has 0 unspecified atom stereocenters. The highest BCUT2D eigenvalue weighted by atomic mass is 35.5. The van der Waals surface area contributed by atoms with Crippen LogP contribution in [0.15, 0.2) is 17.3 Å². The number of hydrogen-bond donors (Lipinski definition) is 1. The minimum Gasteiger partial charge on any atom is -0.454 e. The molecule has 1 aromatic heterocycles. The number of aromatic nitrogens is 4. The summed E-state index contributed by atoms with van der Waals surface area (Å²) in [5.41, 5.74) is 6.52. The molecule has 1 aliphatic rings. The number of nitrogens with two attached hydrogens (primary N) is 1. The molecule has 1 aliphatic heterocycles. The normalized spacial score (nSPS) is 12.9. The summed E-state index contributed by atoms with van der Waals surface area (Å²) in [6.07, 6.45) is 0. The molecule has 1 aromatic carbocycles. The molecule has 2 heterocycles. The lowest BCUT2D eigenvalue weighted by atomic mass is 10.2. The van der Waals surface area contributed by atoms with Crippen LogP contribution in [0.25, 0.3) is 0 Å². The highest BCUT2D eigenvalue weighted by Gasteiger charge is 2.18. The van der Waals surface area contributed by atoms with Crippen LogP contribution in [-0.2, 0) is 12.3 Å². The third-order valence-electron chi connectivity index (χ3n) is 2.69. The summed E-state index contributed by atoms with van der Waals surface area (Å²) in [5.74, 6) is 1.96. The van der Waals surface area contributed by atoms with Gasteiger partial charge in [0.15, 0.2) is 11.5 Å². The van der Waals surface area contributed by atoms with E-state index in [9.17, 15) is 0 Å². The van der Waals surface area contributed by atoms with Gasteiger partial charge in [-0.2, -0.15) is 0 Å². The third kappa shape index (κ3) is 2.67. The molecule has 0 fully saturated rings. The van der Waals surface area contributed by atoms with Gasteiger partial charge in [0.05, 0.1) is 11.6 Å². The maximum Gasteiger partial charge on any atom is 0.231 e. The van der Waals surface area contributed by atoms with Crippen LogP contribution in [0.3, 0.4) is 0 Å². The first-order valence-electron chi connectivity index (χ1n) is 5.95. The molecular weight excluding hydrogens is 302 g/mol. The minimum absolute atomic E-state index is 0.209. The van der Waals surface area contributed by atoms with Crippen LogP contribution >= 0.6 is 23.4 Å². The van der Waals surface area contributed by atoms with E-state index >= 15 is 0 Å². The fourth-order valence-electron chi connectivity index (χ4n) is 1.81.